The molecule has 0 amide bonds. The maximum absolute atomic E-state index is 8.63. The molecular formula is C33H55NO4S3. The van der Waals surface area contributed by atoms with Crippen molar-refractivity contribution in [2.75, 3.05) is 13.1 Å². The highest BCUT2D eigenvalue weighted by Gasteiger charge is 2.60. The predicted octanol–water partition coefficient (Wildman–Crippen LogP) is 7.81. The molecule has 3 saturated carbocycles. The van der Waals surface area contributed by atoms with Gasteiger partial charge in [0.1, 0.15) is 13.1 Å². The smallest absolute Gasteiger partial charge is 0.314 e. The Bertz CT molecular complexity index is 1220. The summed E-state index contributed by atoms with van der Waals surface area (Å²) < 4.78 is 37.2. The molecule has 4 aliphatic carbocycles. The third-order valence-corrected chi connectivity index (χ3v) is 15.4. The fourth-order valence-electron chi connectivity index (χ4n) is 10.6. The molecule has 8 heteroatoms. The molecule has 1 aliphatic heterocycles. The maximum atomic E-state index is 8.63. The summed E-state index contributed by atoms with van der Waals surface area (Å²) >= 11 is 4.41. The Labute approximate surface area is 257 Å². The fraction of sp³-hybridized carbons (Fsp3) is 0.909. The van der Waals surface area contributed by atoms with Crippen LogP contribution in [0, 0.1) is 52.3 Å². The third kappa shape index (κ3) is 6.87. The summed E-state index contributed by atoms with van der Waals surface area (Å²) in [6.45, 7) is 15.6. The molecule has 8 atom stereocenters. The van der Waals surface area contributed by atoms with E-state index in [4.69, 9.17) is 17.5 Å². The average Bonchev–Trinajstić information content (AvgIpc) is 3.46. The number of hydrogen-bond donors (Lipinski definition) is 1. The van der Waals surface area contributed by atoms with Gasteiger partial charge in [0, 0.05) is 22.6 Å². The highest BCUT2D eigenvalue weighted by atomic mass is 32.3. The molecule has 5 aliphatic rings. The van der Waals surface area contributed by atoms with Gasteiger partial charge in [0.2, 0.25) is 10.4 Å². The van der Waals surface area contributed by atoms with E-state index in [1.807, 2.05) is 0 Å². The monoisotopic (exact) mass is 625 g/mol. The van der Waals surface area contributed by atoms with E-state index in [0.717, 1.165) is 41.4 Å². The van der Waals surface area contributed by atoms with Crippen LogP contribution in [-0.2, 0) is 23.2 Å². The van der Waals surface area contributed by atoms with Crippen LogP contribution in [0.4, 0.5) is 0 Å². The van der Waals surface area contributed by atoms with Crippen LogP contribution in [0.1, 0.15) is 121 Å². The molecular weight excluding hydrogens is 571 g/mol. The van der Waals surface area contributed by atoms with Crippen molar-refractivity contribution >= 4 is 33.1 Å². The lowest BCUT2D eigenvalue weighted by atomic mass is 9.45. The number of piperidine rings is 1. The van der Waals surface area contributed by atoms with Crippen LogP contribution in [0.25, 0.3) is 0 Å². The zero-order valence-corrected chi connectivity index (χ0v) is 28.6. The topological polar surface area (TPSA) is 80.4 Å². The van der Waals surface area contributed by atoms with Crippen molar-refractivity contribution < 1.29 is 17.5 Å². The molecule has 1 aromatic rings. The van der Waals surface area contributed by atoms with Crippen LogP contribution >= 0.6 is 22.7 Å². The summed E-state index contributed by atoms with van der Waals surface area (Å²) in [5.74, 6) is 6.76. The van der Waals surface area contributed by atoms with Gasteiger partial charge in [0.25, 0.3) is 0 Å². The summed E-state index contributed by atoms with van der Waals surface area (Å²) in [5, 5.41) is 0. The molecule has 0 unspecified atom stereocenters. The van der Waals surface area contributed by atoms with E-state index in [1.165, 1.54) is 90.1 Å². The van der Waals surface area contributed by atoms with Gasteiger partial charge in [0.05, 0.1) is 0 Å². The minimum atomic E-state index is -4.92. The first-order valence-electron chi connectivity index (χ1n) is 16.7. The standard InChI is InChI=1S/C33H54NS2.H2O4S/c1-22(2)10-9-11-23(3)26-14-15-27-25-13-12-24-20-29-30(36-31(35-29)34-18-7-6-8-19-34)21-33(24,5)28(25)16-17-32(26,27)4;1-5(2,3)4/h22-28H,6-21H2,1-5H3;(H2,1,2,3,4)/q+1;/p-1/t23-,24+,25+,26-,27+,28+,32-,33+;/m1./s1. The lowest BCUT2D eigenvalue weighted by Gasteiger charge is -2.60. The summed E-state index contributed by atoms with van der Waals surface area (Å²) in [4.78, 5) is 3.59. The van der Waals surface area contributed by atoms with Crippen LogP contribution in [0.15, 0.2) is 0 Å². The van der Waals surface area contributed by atoms with Crippen LogP contribution in [0.3, 0.4) is 0 Å². The molecule has 0 bridgehead atoms. The quantitative estimate of drug-likeness (QED) is 0.206. The SMILES string of the molecule is CC(C)CCC[C@@H](C)[C@H]1CC[C@H]2[C@@H]3CC[C@H]4Cc5sc(=[N+]6CCCCC6)sc5C[C@]4(C)[C@H]3CC[C@]12C.O=S(=O)([O-])O. The Kier molecular flexibility index (Phi) is 9.88. The van der Waals surface area contributed by atoms with Gasteiger partial charge in [-0.25, -0.2) is 13.0 Å². The normalized spacial score (nSPS) is 37.4. The number of rotatable bonds is 5. The number of hydrogen-bond acceptors (Lipinski definition) is 5. The summed E-state index contributed by atoms with van der Waals surface area (Å²) in [6.07, 6.45) is 20.6. The summed E-state index contributed by atoms with van der Waals surface area (Å²) in [7, 11) is -4.92. The highest BCUT2D eigenvalue weighted by Crippen LogP contribution is 2.68. The average molecular weight is 626 g/mol. The van der Waals surface area contributed by atoms with Crippen LogP contribution in [0.5, 0.6) is 0 Å². The Balaban J connectivity index is 0.000000623. The molecule has 6 rings (SSSR count). The van der Waals surface area contributed by atoms with Crippen molar-refractivity contribution in [2.24, 2.45) is 52.3 Å². The van der Waals surface area contributed by atoms with E-state index < -0.39 is 10.4 Å². The first-order chi connectivity index (χ1) is 19.3. The molecule has 0 radical (unpaired) electrons. The Morgan fingerprint density at radius 2 is 1.59 bits per heavy atom. The van der Waals surface area contributed by atoms with E-state index in [0.29, 0.717) is 10.8 Å². The molecule has 0 aromatic carbocycles. The molecule has 5 nitrogen and oxygen atoms in total. The van der Waals surface area contributed by atoms with Gasteiger partial charge >= 0.3 is 3.98 Å². The molecule has 4 fully saturated rings. The van der Waals surface area contributed by atoms with Gasteiger partial charge in [0.15, 0.2) is 0 Å². The number of nitrogens with zero attached hydrogens (tertiary/aromatic N) is 1. The van der Waals surface area contributed by atoms with Gasteiger partial charge in [-0.1, -0.05) is 76.6 Å². The molecule has 234 valence electrons. The van der Waals surface area contributed by atoms with Crippen LogP contribution in [0.2, 0.25) is 0 Å². The largest absolute Gasteiger partial charge is 0.726 e. The zero-order chi connectivity index (χ0) is 29.6. The molecule has 2 heterocycles. The second-order valence-electron chi connectivity index (χ2n) is 15.4. The highest BCUT2D eigenvalue weighted by molar-refractivity contribution is 7.79. The van der Waals surface area contributed by atoms with E-state index >= 15 is 0 Å². The van der Waals surface area contributed by atoms with Crippen molar-refractivity contribution in [1.82, 2.24) is 4.58 Å². The van der Waals surface area contributed by atoms with Gasteiger partial charge in [-0.15, -0.1) is 0 Å². The summed E-state index contributed by atoms with van der Waals surface area (Å²) in [5.41, 5.74) is 1.20. The van der Waals surface area contributed by atoms with Crippen molar-refractivity contribution in [1.29, 1.82) is 0 Å². The van der Waals surface area contributed by atoms with Crippen LogP contribution < -0.4 is 8.56 Å². The maximum Gasteiger partial charge on any atom is 0.314 e. The second kappa shape index (κ2) is 12.6. The van der Waals surface area contributed by atoms with E-state index in [9.17, 15) is 0 Å². The molecule has 0 spiro atoms. The first kappa shape index (κ1) is 32.1. The third-order valence-electron chi connectivity index (χ3n) is 12.6. The van der Waals surface area contributed by atoms with Crippen molar-refractivity contribution in [3.05, 3.63) is 13.7 Å². The Morgan fingerprint density at radius 1 is 0.927 bits per heavy atom. The molecule has 1 N–H and O–H groups in total. The minimum Gasteiger partial charge on any atom is -0.726 e. The van der Waals surface area contributed by atoms with Crippen molar-refractivity contribution in [2.45, 2.75) is 125 Å². The minimum absolute atomic E-state index is 0.564. The Morgan fingerprint density at radius 3 is 2.27 bits per heavy atom. The van der Waals surface area contributed by atoms with E-state index in [2.05, 4.69) is 61.9 Å². The van der Waals surface area contributed by atoms with E-state index in [1.54, 1.807) is 26.6 Å². The van der Waals surface area contributed by atoms with Crippen molar-refractivity contribution in [3.63, 3.8) is 0 Å². The summed E-state index contributed by atoms with van der Waals surface area (Å²) in [6, 6.07) is 0. The lowest BCUT2D eigenvalue weighted by Crippen LogP contribution is -2.54. The number of fused-ring (bicyclic) bond motifs is 6. The molecule has 1 aromatic heterocycles. The Hall–Kier alpha value is -0.280. The second-order valence-corrected chi connectivity index (χ2v) is 18.6. The zero-order valence-electron chi connectivity index (χ0n) is 26.2. The van der Waals surface area contributed by atoms with E-state index in [-0.39, 0.29) is 0 Å². The van der Waals surface area contributed by atoms with Crippen molar-refractivity contribution in [3.8, 4) is 0 Å². The van der Waals surface area contributed by atoms with Crippen LogP contribution in [-0.4, -0.2) is 30.6 Å². The fourth-order valence-corrected chi connectivity index (χ4v) is 13.7. The van der Waals surface area contributed by atoms with Gasteiger partial charge < -0.3 is 4.55 Å². The van der Waals surface area contributed by atoms with Gasteiger partial charge in [-0.2, -0.15) is 0 Å². The van der Waals surface area contributed by atoms with Gasteiger partial charge in [-0.3, -0.25) is 4.55 Å². The predicted molar refractivity (Wildman–Crippen MR) is 170 cm³/mol. The lowest BCUT2D eigenvalue weighted by molar-refractivity contribution is -0.102. The molecule has 1 saturated heterocycles. The van der Waals surface area contributed by atoms with Gasteiger partial charge in [-0.05, 0) is 110 Å². The molecule has 41 heavy (non-hydrogen) atoms. The first-order valence-corrected chi connectivity index (χ1v) is 19.7.